The fourth-order valence-electron chi connectivity index (χ4n) is 3.93. The van der Waals surface area contributed by atoms with E-state index in [9.17, 15) is 4.79 Å². The largest absolute Gasteiger partial charge is 0.348 e. The Hall–Kier alpha value is -1.85. The Labute approximate surface area is 161 Å². The van der Waals surface area contributed by atoms with Gasteiger partial charge in [0, 0.05) is 17.3 Å². The smallest absolute Gasteiger partial charge is 0.272 e. The summed E-state index contributed by atoms with van der Waals surface area (Å²) in [6.45, 7) is 4.10. The van der Waals surface area contributed by atoms with E-state index in [2.05, 4.69) is 41.8 Å². The van der Waals surface area contributed by atoms with Crippen LogP contribution in [0.2, 0.25) is 0 Å². The maximum atomic E-state index is 12.8. The number of benzene rings is 1. The Balaban J connectivity index is 0.00000196. The van der Waals surface area contributed by atoms with Gasteiger partial charge in [-0.2, -0.15) is 5.10 Å². The average molecular weight is 375 g/mol. The molecular formula is C20H27ClN4O. The number of hydrogen-bond donors (Lipinski definition) is 2. The van der Waals surface area contributed by atoms with Crippen molar-refractivity contribution in [3.05, 3.63) is 46.8 Å². The van der Waals surface area contributed by atoms with E-state index in [4.69, 9.17) is 5.10 Å². The first-order valence-corrected chi connectivity index (χ1v) is 9.48. The van der Waals surface area contributed by atoms with Crippen molar-refractivity contribution in [1.82, 2.24) is 20.4 Å². The highest BCUT2D eigenvalue weighted by molar-refractivity contribution is 5.94. The van der Waals surface area contributed by atoms with Gasteiger partial charge in [-0.1, -0.05) is 19.1 Å². The summed E-state index contributed by atoms with van der Waals surface area (Å²) in [5, 5.41) is 11.2. The fourth-order valence-corrected chi connectivity index (χ4v) is 3.93. The molecule has 1 fully saturated rings. The van der Waals surface area contributed by atoms with Crippen molar-refractivity contribution < 1.29 is 4.79 Å². The maximum Gasteiger partial charge on any atom is 0.272 e. The molecule has 0 unspecified atom stereocenters. The van der Waals surface area contributed by atoms with Crippen molar-refractivity contribution in [3.63, 3.8) is 0 Å². The molecule has 0 saturated carbocycles. The van der Waals surface area contributed by atoms with Gasteiger partial charge in [-0.15, -0.1) is 12.4 Å². The summed E-state index contributed by atoms with van der Waals surface area (Å²) >= 11 is 0. The second-order valence-corrected chi connectivity index (χ2v) is 7.06. The Kier molecular flexibility index (Phi) is 5.99. The van der Waals surface area contributed by atoms with Crippen molar-refractivity contribution in [2.24, 2.45) is 0 Å². The van der Waals surface area contributed by atoms with Gasteiger partial charge in [0.25, 0.3) is 5.91 Å². The molecular weight excluding hydrogens is 348 g/mol. The Morgan fingerprint density at radius 1 is 1.23 bits per heavy atom. The van der Waals surface area contributed by atoms with Crippen LogP contribution in [0.4, 0.5) is 0 Å². The monoisotopic (exact) mass is 374 g/mol. The van der Waals surface area contributed by atoms with Gasteiger partial charge in [0.1, 0.15) is 0 Å². The van der Waals surface area contributed by atoms with Gasteiger partial charge in [0.05, 0.1) is 5.69 Å². The number of amides is 1. The second kappa shape index (κ2) is 8.23. The van der Waals surface area contributed by atoms with Gasteiger partial charge in [-0.25, -0.2) is 4.68 Å². The van der Waals surface area contributed by atoms with Gasteiger partial charge < -0.3 is 10.6 Å². The molecule has 1 aliphatic heterocycles. The molecule has 1 amide bonds. The number of piperidine rings is 1. The van der Waals surface area contributed by atoms with E-state index in [-0.39, 0.29) is 24.4 Å². The third kappa shape index (κ3) is 3.64. The number of aryl methyl sites for hydroxylation is 1. The third-order valence-electron chi connectivity index (χ3n) is 5.41. The van der Waals surface area contributed by atoms with Crippen LogP contribution in [0.5, 0.6) is 0 Å². The number of hydrogen-bond acceptors (Lipinski definition) is 3. The molecule has 0 spiro atoms. The van der Waals surface area contributed by atoms with E-state index in [1.807, 2.05) is 4.68 Å². The summed E-state index contributed by atoms with van der Waals surface area (Å²) in [7, 11) is 0. The molecule has 1 aromatic carbocycles. The normalized spacial score (nSPS) is 16.8. The first kappa shape index (κ1) is 18.9. The number of halogens is 1. The van der Waals surface area contributed by atoms with Crippen molar-refractivity contribution in [3.8, 4) is 5.69 Å². The SMILES string of the molecule is CCc1ccc(-n2nc(C(=O)NC3CCNCC3)c3c2CCC3)cc1.Cl. The molecule has 1 aromatic heterocycles. The van der Waals surface area contributed by atoms with E-state index >= 15 is 0 Å². The minimum absolute atomic E-state index is 0. The van der Waals surface area contributed by atoms with Gasteiger partial charge in [0.15, 0.2) is 5.69 Å². The van der Waals surface area contributed by atoms with Crippen LogP contribution in [0, 0.1) is 0 Å². The van der Waals surface area contributed by atoms with E-state index in [0.717, 1.165) is 62.9 Å². The Morgan fingerprint density at radius 3 is 2.65 bits per heavy atom. The summed E-state index contributed by atoms with van der Waals surface area (Å²) in [5.74, 6) is -0.00558. The van der Waals surface area contributed by atoms with E-state index < -0.39 is 0 Å². The zero-order valence-corrected chi connectivity index (χ0v) is 16.1. The van der Waals surface area contributed by atoms with Crippen LogP contribution < -0.4 is 10.6 Å². The number of carbonyl (C=O) groups is 1. The van der Waals surface area contributed by atoms with Crippen molar-refractivity contribution in [1.29, 1.82) is 0 Å². The number of rotatable bonds is 4. The highest BCUT2D eigenvalue weighted by Crippen LogP contribution is 2.28. The van der Waals surface area contributed by atoms with Crippen LogP contribution in [0.1, 0.15) is 53.5 Å². The predicted molar refractivity (Wildman–Crippen MR) is 106 cm³/mol. The Morgan fingerprint density at radius 2 is 1.96 bits per heavy atom. The van der Waals surface area contributed by atoms with Gasteiger partial charge in [0.2, 0.25) is 0 Å². The molecule has 5 nitrogen and oxygen atoms in total. The number of carbonyl (C=O) groups excluding carboxylic acids is 1. The summed E-state index contributed by atoms with van der Waals surface area (Å²) in [6.07, 6.45) is 6.07. The lowest BCUT2D eigenvalue weighted by Crippen LogP contribution is -2.43. The van der Waals surface area contributed by atoms with Crippen molar-refractivity contribution in [2.75, 3.05) is 13.1 Å². The molecule has 4 rings (SSSR count). The minimum atomic E-state index is -0.00558. The molecule has 26 heavy (non-hydrogen) atoms. The van der Waals surface area contributed by atoms with Gasteiger partial charge in [-0.05, 0) is 69.3 Å². The molecule has 6 heteroatoms. The standard InChI is InChI=1S/C20H26N4O.ClH/c1-2-14-6-8-16(9-7-14)24-18-5-3-4-17(18)19(23-24)20(25)22-15-10-12-21-13-11-15;/h6-9,15,21H,2-5,10-13H2,1H3,(H,22,25);1H. The van der Waals surface area contributed by atoms with E-state index in [0.29, 0.717) is 5.69 Å². The van der Waals surface area contributed by atoms with Gasteiger partial charge in [-0.3, -0.25) is 4.79 Å². The Bertz CT molecular complexity index is 763. The number of nitrogens with zero attached hydrogens (tertiary/aromatic N) is 2. The molecule has 2 heterocycles. The van der Waals surface area contributed by atoms with E-state index in [1.165, 1.54) is 11.3 Å². The van der Waals surface area contributed by atoms with E-state index in [1.54, 1.807) is 0 Å². The van der Waals surface area contributed by atoms with Crippen molar-refractivity contribution in [2.45, 2.75) is 51.5 Å². The average Bonchev–Trinajstić information content (AvgIpc) is 3.25. The van der Waals surface area contributed by atoms with Crippen molar-refractivity contribution >= 4 is 18.3 Å². The molecule has 2 aliphatic rings. The number of nitrogens with one attached hydrogen (secondary N) is 2. The molecule has 2 N–H and O–H groups in total. The first-order valence-electron chi connectivity index (χ1n) is 9.48. The lowest BCUT2D eigenvalue weighted by Gasteiger charge is -2.23. The fraction of sp³-hybridized carbons (Fsp3) is 0.500. The molecule has 140 valence electrons. The predicted octanol–water partition coefficient (Wildman–Crippen LogP) is 2.83. The summed E-state index contributed by atoms with van der Waals surface area (Å²) < 4.78 is 1.99. The van der Waals surface area contributed by atoms with Crippen LogP contribution in [0.15, 0.2) is 24.3 Å². The van der Waals surface area contributed by atoms with Crippen LogP contribution >= 0.6 is 12.4 Å². The number of fused-ring (bicyclic) bond motifs is 1. The molecule has 2 aromatic rings. The quantitative estimate of drug-likeness (QED) is 0.865. The molecule has 0 radical (unpaired) electrons. The lowest BCUT2D eigenvalue weighted by atomic mass is 10.1. The summed E-state index contributed by atoms with van der Waals surface area (Å²) in [4.78, 5) is 12.8. The summed E-state index contributed by atoms with van der Waals surface area (Å²) in [5.41, 5.74) is 5.35. The highest BCUT2D eigenvalue weighted by Gasteiger charge is 2.28. The topological polar surface area (TPSA) is 59.0 Å². The second-order valence-electron chi connectivity index (χ2n) is 7.06. The highest BCUT2D eigenvalue weighted by atomic mass is 35.5. The first-order chi connectivity index (χ1) is 12.3. The number of aromatic nitrogens is 2. The van der Waals surface area contributed by atoms with Crippen LogP contribution in [0.3, 0.4) is 0 Å². The van der Waals surface area contributed by atoms with Crippen LogP contribution in [-0.2, 0) is 19.3 Å². The molecule has 1 saturated heterocycles. The minimum Gasteiger partial charge on any atom is -0.348 e. The summed E-state index contributed by atoms with van der Waals surface area (Å²) in [6, 6.07) is 8.78. The maximum absolute atomic E-state index is 12.8. The zero-order valence-electron chi connectivity index (χ0n) is 15.3. The molecule has 0 bridgehead atoms. The lowest BCUT2D eigenvalue weighted by molar-refractivity contribution is 0.0923. The zero-order chi connectivity index (χ0) is 17.2. The molecule has 1 aliphatic carbocycles. The van der Waals surface area contributed by atoms with Crippen LogP contribution in [0.25, 0.3) is 5.69 Å². The van der Waals surface area contributed by atoms with Crippen LogP contribution in [-0.4, -0.2) is 34.8 Å². The van der Waals surface area contributed by atoms with Gasteiger partial charge >= 0.3 is 0 Å². The molecule has 0 atom stereocenters. The third-order valence-corrected chi connectivity index (χ3v) is 5.41.